The molecule has 0 atom stereocenters. The lowest BCUT2D eigenvalue weighted by Crippen LogP contribution is -2.36. The second-order valence-electron chi connectivity index (χ2n) is 4.53. The van der Waals surface area contributed by atoms with Crippen molar-refractivity contribution in [2.75, 3.05) is 31.2 Å². The molecule has 2 rings (SSSR count). The summed E-state index contributed by atoms with van der Waals surface area (Å²) in [6.07, 6.45) is -0.167. The SMILES string of the molecule is CC(C)O.Cc1ccc(N2CCOCC2)cc1. The quantitative estimate of drug-likeness (QED) is 0.813. The number of aryl methyl sites for hydroxylation is 1. The monoisotopic (exact) mass is 237 g/mol. The van der Waals surface area contributed by atoms with Crippen molar-refractivity contribution in [1.29, 1.82) is 0 Å². The van der Waals surface area contributed by atoms with Gasteiger partial charge in [-0.3, -0.25) is 0 Å². The van der Waals surface area contributed by atoms with Crippen LogP contribution in [0.2, 0.25) is 0 Å². The molecule has 3 heteroatoms. The first-order valence-corrected chi connectivity index (χ1v) is 6.17. The number of morpholine rings is 1. The van der Waals surface area contributed by atoms with Crippen molar-refractivity contribution in [3.63, 3.8) is 0 Å². The molecule has 0 saturated carbocycles. The number of ether oxygens (including phenoxy) is 1. The van der Waals surface area contributed by atoms with Crippen molar-refractivity contribution in [2.24, 2.45) is 0 Å². The number of benzene rings is 1. The number of hydrogen-bond acceptors (Lipinski definition) is 3. The molecule has 1 aliphatic heterocycles. The van der Waals surface area contributed by atoms with E-state index in [1.807, 2.05) is 0 Å². The molecule has 1 aliphatic rings. The van der Waals surface area contributed by atoms with E-state index in [2.05, 4.69) is 36.1 Å². The van der Waals surface area contributed by atoms with E-state index in [0.29, 0.717) is 0 Å². The van der Waals surface area contributed by atoms with Crippen molar-refractivity contribution in [3.05, 3.63) is 29.8 Å². The maximum Gasteiger partial charge on any atom is 0.0642 e. The number of aliphatic hydroxyl groups excluding tert-OH is 1. The lowest BCUT2D eigenvalue weighted by atomic mass is 10.2. The highest BCUT2D eigenvalue weighted by atomic mass is 16.5. The molecule has 3 nitrogen and oxygen atoms in total. The Labute approximate surface area is 104 Å². The largest absolute Gasteiger partial charge is 0.394 e. The topological polar surface area (TPSA) is 32.7 Å². The smallest absolute Gasteiger partial charge is 0.0642 e. The molecule has 1 aromatic rings. The Kier molecular flexibility index (Phi) is 6.01. The van der Waals surface area contributed by atoms with Gasteiger partial charge in [0.2, 0.25) is 0 Å². The second-order valence-corrected chi connectivity index (χ2v) is 4.53. The summed E-state index contributed by atoms with van der Waals surface area (Å²) in [7, 11) is 0. The minimum atomic E-state index is -0.167. The standard InChI is InChI=1S/C11H15NO.C3H8O/c1-10-2-4-11(5-3-10)12-6-8-13-9-7-12;1-3(2)4/h2-5H,6-9H2,1H3;3-4H,1-2H3. The van der Waals surface area contributed by atoms with Gasteiger partial charge in [-0.15, -0.1) is 0 Å². The number of hydrogen-bond donors (Lipinski definition) is 1. The van der Waals surface area contributed by atoms with Gasteiger partial charge in [-0.25, -0.2) is 0 Å². The van der Waals surface area contributed by atoms with Crippen LogP contribution in [0.5, 0.6) is 0 Å². The molecule has 0 aliphatic carbocycles. The zero-order chi connectivity index (χ0) is 12.7. The Morgan fingerprint density at radius 2 is 1.59 bits per heavy atom. The van der Waals surface area contributed by atoms with Crippen LogP contribution in [0.4, 0.5) is 5.69 Å². The normalized spacial score (nSPS) is 15.5. The summed E-state index contributed by atoms with van der Waals surface area (Å²) in [4.78, 5) is 2.36. The summed E-state index contributed by atoms with van der Waals surface area (Å²) in [5.41, 5.74) is 2.63. The van der Waals surface area contributed by atoms with E-state index in [1.165, 1.54) is 11.3 Å². The van der Waals surface area contributed by atoms with Crippen LogP contribution in [0.1, 0.15) is 19.4 Å². The van der Waals surface area contributed by atoms with Gasteiger partial charge >= 0.3 is 0 Å². The summed E-state index contributed by atoms with van der Waals surface area (Å²) in [6, 6.07) is 8.68. The fourth-order valence-electron chi connectivity index (χ4n) is 1.58. The van der Waals surface area contributed by atoms with Crippen LogP contribution in [0, 0.1) is 6.92 Å². The molecular weight excluding hydrogens is 214 g/mol. The van der Waals surface area contributed by atoms with Crippen molar-refractivity contribution in [3.8, 4) is 0 Å². The molecule has 17 heavy (non-hydrogen) atoms. The first-order valence-electron chi connectivity index (χ1n) is 6.17. The predicted octanol–water partition coefficient (Wildman–Crippen LogP) is 2.22. The molecule has 1 heterocycles. The molecule has 1 aromatic carbocycles. The zero-order valence-electron chi connectivity index (χ0n) is 11.0. The number of aliphatic hydroxyl groups is 1. The molecule has 96 valence electrons. The molecule has 1 N–H and O–H groups in total. The fourth-order valence-corrected chi connectivity index (χ4v) is 1.58. The molecule has 0 unspecified atom stereocenters. The van der Waals surface area contributed by atoms with Crippen molar-refractivity contribution in [1.82, 2.24) is 0 Å². The van der Waals surface area contributed by atoms with Crippen LogP contribution in [0.3, 0.4) is 0 Å². The Bertz CT molecular complexity index is 300. The van der Waals surface area contributed by atoms with Gasteiger partial charge in [-0.2, -0.15) is 0 Å². The number of nitrogens with zero attached hydrogens (tertiary/aromatic N) is 1. The van der Waals surface area contributed by atoms with E-state index in [0.717, 1.165) is 26.3 Å². The molecular formula is C14H23NO2. The first kappa shape index (κ1) is 14.0. The first-order chi connectivity index (χ1) is 8.09. The van der Waals surface area contributed by atoms with E-state index >= 15 is 0 Å². The Morgan fingerprint density at radius 1 is 1.12 bits per heavy atom. The van der Waals surface area contributed by atoms with Crippen molar-refractivity contribution < 1.29 is 9.84 Å². The lowest BCUT2D eigenvalue weighted by Gasteiger charge is -2.28. The van der Waals surface area contributed by atoms with Crippen LogP contribution in [-0.2, 0) is 4.74 Å². The molecule has 1 saturated heterocycles. The van der Waals surface area contributed by atoms with E-state index in [1.54, 1.807) is 13.8 Å². The van der Waals surface area contributed by atoms with E-state index in [-0.39, 0.29) is 6.10 Å². The molecule has 0 aromatic heterocycles. The van der Waals surface area contributed by atoms with Crippen LogP contribution in [0.25, 0.3) is 0 Å². The minimum Gasteiger partial charge on any atom is -0.394 e. The predicted molar refractivity (Wildman–Crippen MR) is 71.6 cm³/mol. The third-order valence-corrected chi connectivity index (χ3v) is 2.41. The lowest BCUT2D eigenvalue weighted by molar-refractivity contribution is 0.122. The van der Waals surface area contributed by atoms with E-state index in [4.69, 9.17) is 9.84 Å². The molecule has 0 radical (unpaired) electrons. The third kappa shape index (κ3) is 5.71. The summed E-state index contributed by atoms with van der Waals surface area (Å²) in [6.45, 7) is 9.30. The summed E-state index contributed by atoms with van der Waals surface area (Å²) >= 11 is 0. The van der Waals surface area contributed by atoms with E-state index in [9.17, 15) is 0 Å². The molecule has 0 bridgehead atoms. The highest BCUT2D eigenvalue weighted by Crippen LogP contribution is 2.15. The highest BCUT2D eigenvalue weighted by molar-refractivity contribution is 5.47. The minimum absolute atomic E-state index is 0.167. The molecule has 0 spiro atoms. The van der Waals surface area contributed by atoms with Gasteiger partial charge in [-0.05, 0) is 32.9 Å². The fraction of sp³-hybridized carbons (Fsp3) is 0.571. The van der Waals surface area contributed by atoms with Crippen molar-refractivity contribution >= 4 is 5.69 Å². The van der Waals surface area contributed by atoms with Crippen LogP contribution in [-0.4, -0.2) is 37.5 Å². The highest BCUT2D eigenvalue weighted by Gasteiger charge is 2.09. The second kappa shape index (κ2) is 7.30. The summed E-state index contributed by atoms with van der Waals surface area (Å²) in [5.74, 6) is 0. The van der Waals surface area contributed by atoms with Gasteiger partial charge in [0.1, 0.15) is 0 Å². The molecule has 1 fully saturated rings. The van der Waals surface area contributed by atoms with Gasteiger partial charge in [0.05, 0.1) is 13.2 Å². The van der Waals surface area contributed by atoms with Gasteiger partial charge in [0.15, 0.2) is 0 Å². The molecule has 0 amide bonds. The van der Waals surface area contributed by atoms with Crippen LogP contribution >= 0.6 is 0 Å². The maximum absolute atomic E-state index is 8.06. The van der Waals surface area contributed by atoms with Gasteiger partial charge < -0.3 is 14.7 Å². The van der Waals surface area contributed by atoms with Gasteiger partial charge in [-0.1, -0.05) is 17.7 Å². The Balaban J connectivity index is 0.000000317. The van der Waals surface area contributed by atoms with Crippen LogP contribution < -0.4 is 4.90 Å². The van der Waals surface area contributed by atoms with Crippen LogP contribution in [0.15, 0.2) is 24.3 Å². The zero-order valence-corrected chi connectivity index (χ0v) is 11.0. The maximum atomic E-state index is 8.06. The summed E-state index contributed by atoms with van der Waals surface area (Å²) < 4.78 is 5.30. The number of rotatable bonds is 1. The average Bonchev–Trinajstić information content (AvgIpc) is 2.30. The number of anilines is 1. The van der Waals surface area contributed by atoms with E-state index < -0.39 is 0 Å². The third-order valence-electron chi connectivity index (χ3n) is 2.41. The Morgan fingerprint density at radius 3 is 2.06 bits per heavy atom. The van der Waals surface area contributed by atoms with Gasteiger partial charge in [0.25, 0.3) is 0 Å². The average molecular weight is 237 g/mol. The summed E-state index contributed by atoms with van der Waals surface area (Å²) in [5, 5.41) is 8.06. The van der Waals surface area contributed by atoms with Crippen molar-refractivity contribution in [2.45, 2.75) is 26.9 Å². The van der Waals surface area contributed by atoms with Gasteiger partial charge in [0, 0.05) is 24.9 Å². The Hall–Kier alpha value is -1.06.